The molecule has 3 atom stereocenters. The van der Waals surface area contributed by atoms with Crippen molar-refractivity contribution in [2.24, 2.45) is 0 Å². The maximum atomic E-state index is 14.0. The number of hydrogen-bond donors (Lipinski definition) is 2. The topological polar surface area (TPSA) is 145 Å². The van der Waals surface area contributed by atoms with Crippen LogP contribution in [-0.2, 0) is 15.7 Å². The molecule has 0 spiro atoms. The van der Waals surface area contributed by atoms with Crippen molar-refractivity contribution in [3.05, 3.63) is 40.7 Å². The maximum absolute atomic E-state index is 14.0. The van der Waals surface area contributed by atoms with Gasteiger partial charge in [0.1, 0.15) is 33.7 Å². The van der Waals surface area contributed by atoms with E-state index < -0.39 is 41.0 Å². The Labute approximate surface area is 298 Å². The van der Waals surface area contributed by atoms with E-state index in [1.165, 1.54) is 18.5 Å². The molecule has 2 bridgehead atoms. The Morgan fingerprint density at radius 1 is 0.941 bits per heavy atom. The summed E-state index contributed by atoms with van der Waals surface area (Å²) in [6.45, 7) is 11.9. The van der Waals surface area contributed by atoms with Gasteiger partial charge in [0.15, 0.2) is 5.69 Å². The van der Waals surface area contributed by atoms with E-state index in [1.54, 1.807) is 48.5 Å². The Hall–Kier alpha value is -4.31. The Balaban J connectivity index is 1.77. The summed E-state index contributed by atoms with van der Waals surface area (Å²) in [4.78, 5) is 55.3. The number of carbonyl (C=O) groups is 3. The van der Waals surface area contributed by atoms with Gasteiger partial charge in [-0.05, 0) is 87.3 Å². The second-order valence-corrected chi connectivity index (χ2v) is 15.5. The fourth-order valence-corrected chi connectivity index (χ4v) is 7.09. The molecule has 2 aliphatic heterocycles. The van der Waals surface area contributed by atoms with Gasteiger partial charge in [-0.15, -0.1) is 11.3 Å². The fraction of sp³-hybridized carbons (Fsp3) is 0.543. The summed E-state index contributed by atoms with van der Waals surface area (Å²) in [5.74, 6) is -1.88. The number of carbonyl (C=O) groups excluding carboxylic acids is 3. The van der Waals surface area contributed by atoms with Crippen LogP contribution in [0.25, 0.3) is 21.7 Å². The lowest BCUT2D eigenvalue weighted by atomic mass is 9.96. The van der Waals surface area contributed by atoms with Gasteiger partial charge in [-0.3, -0.25) is 5.32 Å². The number of hydrogen-bond acceptors (Lipinski definition) is 11. The smallest absolute Gasteiger partial charge is 0.434 e. The summed E-state index contributed by atoms with van der Waals surface area (Å²) in [5.41, 5.74) is -3.29. The first kappa shape index (κ1) is 37.9. The van der Waals surface area contributed by atoms with Gasteiger partial charge in [-0.2, -0.15) is 13.2 Å². The third kappa shape index (κ3) is 8.95. The lowest BCUT2D eigenvalue weighted by Crippen LogP contribution is -2.44. The minimum absolute atomic E-state index is 0.0279. The Kier molecular flexibility index (Phi) is 10.7. The molecule has 2 amide bonds. The molecule has 16 heteroatoms. The van der Waals surface area contributed by atoms with Crippen LogP contribution in [0.3, 0.4) is 0 Å². The molecule has 2 N–H and O–H groups in total. The highest BCUT2D eigenvalue weighted by molar-refractivity contribution is 7.13. The van der Waals surface area contributed by atoms with Crippen LogP contribution in [0, 0.1) is 0 Å². The summed E-state index contributed by atoms with van der Waals surface area (Å²) in [6.07, 6.45) is 1.02. The highest BCUT2D eigenvalue weighted by Crippen LogP contribution is 2.45. The normalized spacial score (nSPS) is 19.4. The number of piperidine rings is 1. The monoisotopic (exact) mass is 732 g/mol. The molecule has 0 radical (unpaired) electrons. The Bertz CT molecular complexity index is 1790. The quantitative estimate of drug-likeness (QED) is 0.226. The number of alkyl halides is 3. The van der Waals surface area contributed by atoms with Crippen LogP contribution in [0.1, 0.15) is 101 Å². The van der Waals surface area contributed by atoms with E-state index in [-0.39, 0.29) is 57.2 Å². The van der Waals surface area contributed by atoms with Crippen LogP contribution in [0.15, 0.2) is 23.8 Å². The number of pyridine rings is 2. The molecule has 0 saturated carbocycles. The van der Waals surface area contributed by atoms with E-state index in [0.29, 0.717) is 36.3 Å². The predicted octanol–water partition coefficient (Wildman–Crippen LogP) is 7.34. The minimum Gasteiger partial charge on any atom is -0.474 e. The van der Waals surface area contributed by atoms with Crippen molar-refractivity contribution in [2.75, 3.05) is 18.9 Å². The molecule has 0 aliphatic carbocycles. The van der Waals surface area contributed by atoms with Crippen molar-refractivity contribution < 1.29 is 41.8 Å². The number of nitrogens with one attached hydrogen (secondary N) is 2. The molecule has 12 nitrogen and oxygen atoms in total. The Morgan fingerprint density at radius 2 is 1.57 bits per heavy atom. The van der Waals surface area contributed by atoms with Crippen molar-refractivity contribution in [2.45, 2.75) is 110 Å². The van der Waals surface area contributed by atoms with Crippen molar-refractivity contribution in [3.8, 4) is 27.6 Å². The maximum Gasteiger partial charge on any atom is 0.434 e. The van der Waals surface area contributed by atoms with Crippen LogP contribution in [-0.4, -0.2) is 80.8 Å². The fourth-order valence-electron chi connectivity index (χ4n) is 6.19. The van der Waals surface area contributed by atoms with Crippen LogP contribution < -0.4 is 15.4 Å². The number of thiazole rings is 1. The van der Waals surface area contributed by atoms with Gasteiger partial charge in [0.25, 0.3) is 0 Å². The third-order valence-corrected chi connectivity index (χ3v) is 9.23. The number of rotatable bonds is 8. The first-order chi connectivity index (χ1) is 23.7. The molecule has 1 unspecified atom stereocenters. The summed E-state index contributed by atoms with van der Waals surface area (Å²) in [7, 11) is 2.09. The van der Waals surface area contributed by atoms with Crippen molar-refractivity contribution in [3.63, 3.8) is 0 Å². The highest BCUT2D eigenvalue weighted by atomic mass is 32.1. The summed E-state index contributed by atoms with van der Waals surface area (Å²) < 4.78 is 59.7. The molecule has 2 aliphatic rings. The van der Waals surface area contributed by atoms with Crippen LogP contribution in [0.4, 0.5) is 23.8 Å². The van der Waals surface area contributed by atoms with Gasteiger partial charge in [0, 0.05) is 53.1 Å². The molecule has 3 aromatic heterocycles. The number of amides is 2. The van der Waals surface area contributed by atoms with E-state index in [2.05, 4.69) is 37.5 Å². The molecule has 5 rings (SSSR count). The molecular weight excluding hydrogens is 689 g/mol. The number of nitrogens with zero attached hydrogens (tertiary/aromatic N) is 4. The molecule has 3 aromatic rings. The second-order valence-electron chi connectivity index (χ2n) is 14.6. The number of halogens is 3. The summed E-state index contributed by atoms with van der Waals surface area (Å²) >= 11 is 0.641. The molecule has 2 saturated heterocycles. The standard InChI is InChI=1S/C35H43F3N6O6S/c1-9-39-32(47)43-27-26(31(46)50-34(5,6)7)25(29-42-24(17-51-29)35(36,37)38)23(16-40-27)22-12-18(30(45)49-33(2,3)4)15-41-28(22)48-21-13-19-10-11-20(14-21)44(19)8/h12,15-17,19-21H,9-11,13-14H2,1-8H3,(H2,39,40,43,47)/t19-,20+,21?. The van der Waals surface area contributed by atoms with Crippen LogP contribution >= 0.6 is 11.3 Å². The van der Waals surface area contributed by atoms with E-state index in [0.717, 1.165) is 18.2 Å². The number of anilines is 1. The van der Waals surface area contributed by atoms with E-state index in [9.17, 15) is 27.6 Å². The highest BCUT2D eigenvalue weighted by Gasteiger charge is 2.41. The Morgan fingerprint density at radius 3 is 2.14 bits per heavy atom. The predicted molar refractivity (Wildman–Crippen MR) is 185 cm³/mol. The number of ether oxygens (including phenoxy) is 3. The van der Waals surface area contributed by atoms with Crippen molar-refractivity contribution in [1.29, 1.82) is 0 Å². The number of urea groups is 1. The summed E-state index contributed by atoms with van der Waals surface area (Å²) in [5, 5.41) is 5.70. The van der Waals surface area contributed by atoms with Gasteiger partial charge in [-0.1, -0.05) is 0 Å². The average Bonchev–Trinajstić information content (AvgIpc) is 3.57. The zero-order valence-corrected chi connectivity index (χ0v) is 30.7. The van der Waals surface area contributed by atoms with Crippen LogP contribution in [0.2, 0.25) is 0 Å². The second kappa shape index (κ2) is 14.4. The third-order valence-electron chi connectivity index (χ3n) is 8.37. The molecule has 51 heavy (non-hydrogen) atoms. The van der Waals surface area contributed by atoms with Gasteiger partial charge >= 0.3 is 24.1 Å². The summed E-state index contributed by atoms with van der Waals surface area (Å²) in [6, 6.07) is 1.36. The van der Waals surface area contributed by atoms with E-state index in [4.69, 9.17) is 14.2 Å². The lowest BCUT2D eigenvalue weighted by Gasteiger charge is -2.36. The van der Waals surface area contributed by atoms with Gasteiger partial charge < -0.3 is 24.4 Å². The largest absolute Gasteiger partial charge is 0.474 e. The zero-order chi connectivity index (χ0) is 37.5. The molecule has 5 heterocycles. The number of esters is 2. The molecule has 276 valence electrons. The molecule has 2 fully saturated rings. The lowest BCUT2D eigenvalue weighted by molar-refractivity contribution is -0.140. The first-order valence-electron chi connectivity index (χ1n) is 16.7. The number of fused-ring (bicyclic) bond motifs is 2. The van der Waals surface area contributed by atoms with Crippen molar-refractivity contribution >= 4 is 35.1 Å². The minimum atomic E-state index is -4.80. The van der Waals surface area contributed by atoms with Gasteiger partial charge in [-0.25, -0.2) is 29.3 Å². The molecule has 0 aromatic carbocycles. The van der Waals surface area contributed by atoms with Gasteiger partial charge in [0.2, 0.25) is 5.88 Å². The average molecular weight is 733 g/mol. The van der Waals surface area contributed by atoms with E-state index in [1.807, 2.05) is 0 Å². The van der Waals surface area contributed by atoms with E-state index >= 15 is 0 Å². The zero-order valence-electron chi connectivity index (χ0n) is 29.9. The molecular formula is C35H43F3N6O6S. The van der Waals surface area contributed by atoms with Crippen molar-refractivity contribution in [1.82, 2.24) is 25.2 Å². The van der Waals surface area contributed by atoms with Gasteiger partial charge in [0.05, 0.1) is 5.56 Å². The SMILES string of the molecule is CCNC(=O)Nc1ncc(-c2cc(C(=O)OC(C)(C)C)cnc2OC2C[C@H]3CC[C@@H](C2)N3C)c(-c2nc(C(F)(F)F)cs2)c1C(=O)OC(C)(C)C. The number of aromatic nitrogens is 3. The first-order valence-corrected chi connectivity index (χ1v) is 17.6. The van der Waals surface area contributed by atoms with Crippen LogP contribution in [0.5, 0.6) is 5.88 Å².